The molecule has 0 N–H and O–H groups in total. The van der Waals surface area contributed by atoms with E-state index in [0.29, 0.717) is 0 Å². The minimum atomic E-state index is -0.925. The van der Waals surface area contributed by atoms with Crippen molar-refractivity contribution >= 4 is 28.9 Å². The number of imide groups is 1. The van der Waals surface area contributed by atoms with Gasteiger partial charge in [0.1, 0.15) is 5.92 Å². The Hall–Kier alpha value is -3.26. The van der Waals surface area contributed by atoms with E-state index in [-0.39, 0.29) is 17.3 Å². The van der Waals surface area contributed by atoms with Crippen molar-refractivity contribution in [1.29, 1.82) is 0 Å². The summed E-state index contributed by atoms with van der Waals surface area (Å²) >= 11 is 0. The topological polar surface area (TPSA) is 93.0 Å². The molecule has 0 radical (unpaired) electrons. The second-order valence-corrected chi connectivity index (χ2v) is 8.59. The summed E-state index contributed by atoms with van der Waals surface area (Å²) in [5.74, 6) is -1.44. The Labute approximate surface area is 179 Å². The molecule has 0 bridgehead atoms. The molecule has 5 rings (SSSR count). The van der Waals surface area contributed by atoms with Gasteiger partial charge in [-0.05, 0) is 38.0 Å². The van der Waals surface area contributed by atoms with Crippen LogP contribution in [0.4, 0.5) is 17.1 Å². The quantitative estimate of drug-likeness (QED) is 0.424. The van der Waals surface area contributed by atoms with Crippen LogP contribution in [0.5, 0.6) is 0 Å². The van der Waals surface area contributed by atoms with Crippen molar-refractivity contribution in [2.45, 2.75) is 50.7 Å². The second-order valence-electron chi connectivity index (χ2n) is 8.59. The molecular weight excluding hydrogens is 398 g/mol. The molecule has 2 amide bonds. The maximum Gasteiger partial charge on any atom is 0.271 e. The van der Waals surface area contributed by atoms with E-state index in [4.69, 9.17) is 4.84 Å². The number of rotatable bonds is 3. The highest BCUT2D eigenvalue weighted by molar-refractivity contribution is 6.24. The maximum absolute atomic E-state index is 13.6. The summed E-state index contributed by atoms with van der Waals surface area (Å²) in [6.45, 7) is 2.00. The average molecular weight is 421 g/mol. The van der Waals surface area contributed by atoms with Crippen molar-refractivity contribution in [2.75, 3.05) is 9.96 Å². The van der Waals surface area contributed by atoms with Crippen LogP contribution in [0.25, 0.3) is 0 Å². The Morgan fingerprint density at radius 3 is 2.39 bits per heavy atom. The lowest BCUT2D eigenvalue weighted by atomic mass is 9.71. The number of hydroxylamine groups is 1. The highest BCUT2D eigenvalue weighted by Crippen LogP contribution is 2.52. The number of carbonyl (C=O) groups is 2. The second kappa shape index (κ2) is 7.16. The van der Waals surface area contributed by atoms with Gasteiger partial charge >= 0.3 is 0 Å². The van der Waals surface area contributed by atoms with Crippen LogP contribution in [0.3, 0.4) is 0 Å². The molecule has 2 heterocycles. The predicted molar refractivity (Wildman–Crippen MR) is 113 cm³/mol. The summed E-state index contributed by atoms with van der Waals surface area (Å²) in [5.41, 5.74) is 1.41. The first-order valence-corrected chi connectivity index (χ1v) is 10.6. The van der Waals surface area contributed by atoms with Crippen molar-refractivity contribution in [2.24, 2.45) is 5.92 Å². The van der Waals surface area contributed by atoms with E-state index in [1.165, 1.54) is 18.2 Å². The number of hydrogen-bond donors (Lipinski definition) is 0. The van der Waals surface area contributed by atoms with Gasteiger partial charge in [0.25, 0.3) is 11.6 Å². The number of aryl methyl sites for hydroxylation is 1. The SMILES string of the molecule is Cc1ccc(N2O[C@H]3C(=O)N(c4cccc([N+](=O)[O-])c4)C(=O)[C@H]3C23CCCCC3)cc1. The van der Waals surface area contributed by atoms with Gasteiger partial charge in [0.05, 0.1) is 21.8 Å². The zero-order chi connectivity index (χ0) is 21.8. The van der Waals surface area contributed by atoms with Crippen molar-refractivity contribution in [3.05, 3.63) is 64.2 Å². The number of non-ortho nitro benzene ring substituents is 1. The van der Waals surface area contributed by atoms with Gasteiger partial charge in [-0.2, -0.15) is 0 Å². The first-order valence-electron chi connectivity index (χ1n) is 10.6. The summed E-state index contributed by atoms with van der Waals surface area (Å²) < 4.78 is 0. The number of benzene rings is 2. The normalized spacial score (nSPS) is 24.7. The Kier molecular flexibility index (Phi) is 4.55. The number of nitro groups is 1. The molecule has 8 nitrogen and oxygen atoms in total. The smallest absolute Gasteiger partial charge is 0.271 e. The molecule has 31 heavy (non-hydrogen) atoms. The van der Waals surface area contributed by atoms with Gasteiger partial charge in [-0.25, -0.2) is 9.96 Å². The monoisotopic (exact) mass is 421 g/mol. The number of nitro benzene ring substituents is 1. The predicted octanol–water partition coefficient (Wildman–Crippen LogP) is 3.92. The van der Waals surface area contributed by atoms with E-state index in [0.717, 1.165) is 48.3 Å². The van der Waals surface area contributed by atoms with Gasteiger partial charge in [-0.3, -0.25) is 24.5 Å². The summed E-state index contributed by atoms with van der Waals surface area (Å²) in [5, 5.41) is 13.0. The standard InChI is InChI=1S/C23H23N3O5/c1-15-8-10-16(11-9-15)25-23(12-3-2-4-13-23)19-20(31-25)22(28)24(21(19)27)17-6-5-7-18(14-17)26(29)30/h5-11,14,19-20H,2-4,12-13H2,1H3/t19-,20+/m0/s1. The van der Waals surface area contributed by atoms with Crippen molar-refractivity contribution in [3.63, 3.8) is 0 Å². The van der Waals surface area contributed by atoms with Crippen molar-refractivity contribution < 1.29 is 19.3 Å². The number of nitrogens with zero attached hydrogens (tertiary/aromatic N) is 3. The Morgan fingerprint density at radius 1 is 1.00 bits per heavy atom. The number of hydrogen-bond acceptors (Lipinski definition) is 6. The largest absolute Gasteiger partial charge is 0.273 e. The molecule has 1 saturated carbocycles. The van der Waals surface area contributed by atoms with Crippen LogP contribution in [-0.4, -0.2) is 28.4 Å². The third kappa shape index (κ3) is 2.93. The molecular formula is C23H23N3O5. The van der Waals surface area contributed by atoms with Crippen LogP contribution in [0.15, 0.2) is 48.5 Å². The third-order valence-corrected chi connectivity index (χ3v) is 6.74. The average Bonchev–Trinajstić information content (AvgIpc) is 3.22. The molecule has 3 fully saturated rings. The molecule has 2 aliphatic heterocycles. The Morgan fingerprint density at radius 2 is 1.71 bits per heavy atom. The molecule has 1 aliphatic carbocycles. The fraction of sp³-hybridized carbons (Fsp3) is 0.391. The van der Waals surface area contributed by atoms with Crippen molar-refractivity contribution in [3.8, 4) is 0 Å². The van der Waals surface area contributed by atoms with E-state index in [1.807, 2.05) is 36.3 Å². The van der Waals surface area contributed by atoms with Crippen LogP contribution in [0.1, 0.15) is 37.7 Å². The Balaban J connectivity index is 1.55. The molecule has 1 spiro atoms. The van der Waals surface area contributed by atoms with Gasteiger partial charge < -0.3 is 0 Å². The van der Waals surface area contributed by atoms with Gasteiger partial charge in [0.2, 0.25) is 5.91 Å². The zero-order valence-corrected chi connectivity index (χ0v) is 17.2. The van der Waals surface area contributed by atoms with Crippen molar-refractivity contribution in [1.82, 2.24) is 0 Å². The van der Waals surface area contributed by atoms with Gasteiger partial charge in [0.15, 0.2) is 6.10 Å². The Bertz CT molecular complexity index is 1060. The maximum atomic E-state index is 13.6. The molecule has 2 atom stereocenters. The fourth-order valence-electron chi connectivity index (χ4n) is 5.29. The highest BCUT2D eigenvalue weighted by atomic mass is 16.7. The lowest BCUT2D eigenvalue weighted by molar-refractivity contribution is -0.384. The lowest BCUT2D eigenvalue weighted by Crippen LogP contribution is -2.53. The first kappa shape index (κ1) is 19.7. The van der Waals surface area contributed by atoms with Gasteiger partial charge in [-0.1, -0.05) is 43.0 Å². The van der Waals surface area contributed by atoms with E-state index in [1.54, 1.807) is 6.07 Å². The van der Waals surface area contributed by atoms with Crippen LogP contribution in [0.2, 0.25) is 0 Å². The third-order valence-electron chi connectivity index (χ3n) is 6.74. The molecule has 2 aromatic carbocycles. The van der Waals surface area contributed by atoms with Crippen LogP contribution in [0, 0.1) is 23.0 Å². The van der Waals surface area contributed by atoms with E-state index in [9.17, 15) is 19.7 Å². The number of carbonyl (C=O) groups excluding carboxylic acids is 2. The summed E-state index contributed by atoms with van der Waals surface area (Å²) in [6.07, 6.45) is 3.57. The molecule has 2 saturated heterocycles. The number of anilines is 2. The molecule has 8 heteroatoms. The van der Waals surface area contributed by atoms with Crippen LogP contribution < -0.4 is 9.96 Å². The molecule has 2 aromatic rings. The first-order chi connectivity index (χ1) is 14.9. The van der Waals surface area contributed by atoms with E-state index in [2.05, 4.69) is 0 Å². The molecule has 0 unspecified atom stereocenters. The van der Waals surface area contributed by atoms with Gasteiger partial charge in [0, 0.05) is 12.1 Å². The zero-order valence-electron chi connectivity index (χ0n) is 17.2. The van der Waals surface area contributed by atoms with E-state index < -0.39 is 28.4 Å². The summed E-state index contributed by atoms with van der Waals surface area (Å²) in [4.78, 5) is 44.9. The van der Waals surface area contributed by atoms with Crippen LogP contribution in [-0.2, 0) is 14.4 Å². The fourth-order valence-corrected chi connectivity index (χ4v) is 5.29. The summed E-state index contributed by atoms with van der Waals surface area (Å²) in [7, 11) is 0. The highest BCUT2D eigenvalue weighted by Gasteiger charge is 2.67. The molecule has 3 aliphatic rings. The lowest BCUT2D eigenvalue weighted by Gasteiger charge is -2.43. The van der Waals surface area contributed by atoms with Crippen LogP contribution >= 0.6 is 0 Å². The van der Waals surface area contributed by atoms with E-state index >= 15 is 0 Å². The minimum absolute atomic E-state index is 0.162. The molecule has 160 valence electrons. The minimum Gasteiger partial charge on any atom is -0.273 e. The van der Waals surface area contributed by atoms with Gasteiger partial charge in [-0.15, -0.1) is 0 Å². The number of fused-ring (bicyclic) bond motifs is 2. The number of amides is 2. The summed E-state index contributed by atoms with van der Waals surface area (Å²) in [6, 6.07) is 13.5. The molecule has 0 aromatic heterocycles.